The molecule has 5 unspecified atom stereocenters. The Bertz CT molecular complexity index is 909. The highest BCUT2D eigenvalue weighted by atomic mass is 19.4. The topological polar surface area (TPSA) is 96.0 Å². The molecule has 0 bridgehead atoms. The summed E-state index contributed by atoms with van der Waals surface area (Å²) in [5.41, 5.74) is -1.30. The third-order valence-electron chi connectivity index (χ3n) is 5.73. The molecule has 4 rings (SSSR count). The second kappa shape index (κ2) is 5.87. The second-order valence-corrected chi connectivity index (χ2v) is 7.15. The maximum atomic E-state index is 13.3. The molecule has 1 aromatic carbocycles. The molecule has 7 nitrogen and oxygen atoms in total. The summed E-state index contributed by atoms with van der Waals surface area (Å²) in [7, 11) is 0. The SMILES string of the molecule is CC1(C2CC(=O)OC2=O)c2ccccc2C2C(=O)OC(=O)C2C1OC(F)(F)F. The Morgan fingerprint density at radius 2 is 1.71 bits per heavy atom. The molecular formula is C18H13F3O7. The lowest BCUT2D eigenvalue weighted by atomic mass is 9.56. The third kappa shape index (κ3) is 2.55. The molecule has 2 aliphatic heterocycles. The predicted octanol–water partition coefficient (Wildman–Crippen LogP) is 1.74. The Kier molecular flexibility index (Phi) is 3.90. The highest BCUT2D eigenvalue weighted by Crippen LogP contribution is 2.56. The average molecular weight is 398 g/mol. The smallest absolute Gasteiger partial charge is 0.393 e. The molecule has 2 fully saturated rings. The molecule has 148 valence electrons. The number of alkyl halides is 3. The normalized spacial score (nSPS) is 34.7. The molecular weight excluding hydrogens is 385 g/mol. The number of esters is 4. The van der Waals surface area contributed by atoms with Gasteiger partial charge in [-0.3, -0.25) is 23.9 Å². The Morgan fingerprint density at radius 1 is 1.04 bits per heavy atom. The van der Waals surface area contributed by atoms with Crippen LogP contribution in [0.2, 0.25) is 0 Å². The highest BCUT2D eigenvalue weighted by molar-refractivity contribution is 6.02. The molecule has 5 atom stereocenters. The number of hydrogen-bond donors (Lipinski definition) is 0. The monoisotopic (exact) mass is 398 g/mol. The van der Waals surface area contributed by atoms with Crippen LogP contribution < -0.4 is 0 Å². The molecule has 0 N–H and O–H groups in total. The van der Waals surface area contributed by atoms with Crippen molar-refractivity contribution < 1.29 is 46.6 Å². The van der Waals surface area contributed by atoms with E-state index in [1.807, 2.05) is 0 Å². The summed E-state index contributed by atoms with van der Waals surface area (Å²) in [4.78, 5) is 48.4. The Labute approximate surface area is 155 Å². The van der Waals surface area contributed by atoms with Crippen LogP contribution in [0, 0.1) is 11.8 Å². The van der Waals surface area contributed by atoms with Crippen LogP contribution >= 0.6 is 0 Å². The van der Waals surface area contributed by atoms with Crippen LogP contribution in [-0.2, 0) is 38.8 Å². The molecule has 0 radical (unpaired) electrons. The van der Waals surface area contributed by atoms with E-state index in [1.54, 1.807) is 6.07 Å². The van der Waals surface area contributed by atoms with Gasteiger partial charge in [0.15, 0.2) is 0 Å². The fourth-order valence-corrected chi connectivity index (χ4v) is 4.57. The van der Waals surface area contributed by atoms with E-state index in [1.165, 1.54) is 25.1 Å². The molecule has 0 aromatic heterocycles. The quantitative estimate of drug-likeness (QED) is 0.553. The lowest BCUT2D eigenvalue weighted by molar-refractivity contribution is -0.357. The van der Waals surface area contributed by atoms with Gasteiger partial charge in [-0.05, 0) is 11.1 Å². The van der Waals surface area contributed by atoms with Gasteiger partial charge in [0.05, 0.1) is 24.4 Å². The fraction of sp³-hybridized carbons (Fsp3) is 0.444. The summed E-state index contributed by atoms with van der Waals surface area (Å²) in [6, 6.07) is 6.00. The van der Waals surface area contributed by atoms with Crippen molar-refractivity contribution in [3.05, 3.63) is 35.4 Å². The van der Waals surface area contributed by atoms with E-state index in [-0.39, 0.29) is 11.1 Å². The van der Waals surface area contributed by atoms with E-state index >= 15 is 0 Å². The van der Waals surface area contributed by atoms with E-state index in [2.05, 4.69) is 14.2 Å². The summed E-state index contributed by atoms with van der Waals surface area (Å²) in [6.07, 6.45) is -7.60. The molecule has 3 aliphatic rings. The van der Waals surface area contributed by atoms with Crippen molar-refractivity contribution in [3.63, 3.8) is 0 Å². The second-order valence-electron chi connectivity index (χ2n) is 7.15. The molecule has 2 saturated heterocycles. The van der Waals surface area contributed by atoms with Gasteiger partial charge < -0.3 is 9.47 Å². The molecule has 10 heteroatoms. The summed E-state index contributed by atoms with van der Waals surface area (Å²) in [5, 5.41) is 0. The van der Waals surface area contributed by atoms with Crippen LogP contribution in [0.25, 0.3) is 0 Å². The Morgan fingerprint density at radius 3 is 2.32 bits per heavy atom. The maximum absolute atomic E-state index is 13.3. The minimum atomic E-state index is -5.17. The van der Waals surface area contributed by atoms with Crippen molar-refractivity contribution in [2.45, 2.75) is 37.1 Å². The summed E-state index contributed by atoms with van der Waals surface area (Å²) in [5.74, 6) is -8.26. The summed E-state index contributed by atoms with van der Waals surface area (Å²) < 4.78 is 53.2. The molecule has 0 amide bonds. The number of ether oxygens (including phenoxy) is 3. The summed E-state index contributed by atoms with van der Waals surface area (Å²) in [6.45, 7) is 1.30. The number of carbonyl (C=O) groups is 4. The van der Waals surface area contributed by atoms with Crippen molar-refractivity contribution in [2.75, 3.05) is 0 Å². The van der Waals surface area contributed by atoms with Crippen LogP contribution in [0.3, 0.4) is 0 Å². The highest BCUT2D eigenvalue weighted by Gasteiger charge is 2.66. The van der Waals surface area contributed by atoms with E-state index in [0.717, 1.165) is 0 Å². The van der Waals surface area contributed by atoms with Crippen LogP contribution in [0.4, 0.5) is 13.2 Å². The van der Waals surface area contributed by atoms with Crippen LogP contribution in [0.15, 0.2) is 24.3 Å². The Balaban J connectivity index is 1.97. The number of benzene rings is 1. The minimum absolute atomic E-state index is 0.203. The lowest BCUT2D eigenvalue weighted by Gasteiger charge is -2.47. The first-order valence-corrected chi connectivity index (χ1v) is 8.38. The van der Waals surface area contributed by atoms with Crippen molar-refractivity contribution in [3.8, 4) is 0 Å². The Hall–Kier alpha value is -2.75. The van der Waals surface area contributed by atoms with Gasteiger partial charge in [0.1, 0.15) is 5.92 Å². The zero-order valence-electron chi connectivity index (χ0n) is 14.3. The van der Waals surface area contributed by atoms with Gasteiger partial charge in [0.2, 0.25) is 0 Å². The van der Waals surface area contributed by atoms with Crippen molar-refractivity contribution in [1.29, 1.82) is 0 Å². The third-order valence-corrected chi connectivity index (χ3v) is 5.73. The molecule has 28 heavy (non-hydrogen) atoms. The lowest BCUT2D eigenvalue weighted by Crippen LogP contribution is -2.57. The number of hydrogen-bond acceptors (Lipinski definition) is 7. The first kappa shape index (κ1) is 18.6. The fourth-order valence-electron chi connectivity index (χ4n) is 4.57. The number of cyclic esters (lactones) is 4. The average Bonchev–Trinajstić information content (AvgIpc) is 3.09. The molecule has 2 heterocycles. The first-order chi connectivity index (χ1) is 13.0. The van der Waals surface area contributed by atoms with Crippen LogP contribution in [0.5, 0.6) is 0 Å². The number of carbonyl (C=O) groups excluding carboxylic acids is 4. The van der Waals surface area contributed by atoms with Gasteiger partial charge in [0, 0.05) is 5.41 Å². The van der Waals surface area contributed by atoms with Gasteiger partial charge in [0.25, 0.3) is 0 Å². The number of rotatable bonds is 2. The standard InChI is InChI=1S/C18H13F3O7/c1-17(9-6-10(22)26-14(9)23)8-5-3-2-4-7(8)11-12(16(25)27-15(11)24)13(17)28-18(19,20)21/h2-5,9,11-13H,6H2,1H3. The van der Waals surface area contributed by atoms with Gasteiger partial charge in [-0.25, -0.2) is 0 Å². The number of fused-ring (bicyclic) bond motifs is 3. The van der Waals surface area contributed by atoms with Gasteiger partial charge >= 0.3 is 30.2 Å². The minimum Gasteiger partial charge on any atom is -0.393 e. The van der Waals surface area contributed by atoms with Crippen LogP contribution in [-0.4, -0.2) is 36.3 Å². The summed E-state index contributed by atoms with van der Waals surface area (Å²) >= 11 is 0. The van der Waals surface area contributed by atoms with Crippen molar-refractivity contribution in [2.24, 2.45) is 11.8 Å². The largest absolute Gasteiger partial charge is 0.522 e. The van der Waals surface area contributed by atoms with Gasteiger partial charge in [-0.1, -0.05) is 31.2 Å². The molecule has 0 saturated carbocycles. The van der Waals surface area contributed by atoms with E-state index in [0.29, 0.717) is 0 Å². The van der Waals surface area contributed by atoms with Crippen molar-refractivity contribution >= 4 is 23.9 Å². The molecule has 1 aromatic rings. The van der Waals surface area contributed by atoms with E-state index in [9.17, 15) is 32.3 Å². The first-order valence-electron chi connectivity index (χ1n) is 8.38. The van der Waals surface area contributed by atoms with Gasteiger partial charge in [-0.2, -0.15) is 0 Å². The van der Waals surface area contributed by atoms with E-state index in [4.69, 9.17) is 0 Å². The zero-order chi connectivity index (χ0) is 20.4. The predicted molar refractivity (Wildman–Crippen MR) is 81.3 cm³/mol. The number of halogens is 3. The maximum Gasteiger partial charge on any atom is 0.522 e. The van der Waals surface area contributed by atoms with Gasteiger partial charge in [-0.15, -0.1) is 13.2 Å². The van der Waals surface area contributed by atoms with Crippen molar-refractivity contribution in [1.82, 2.24) is 0 Å². The van der Waals surface area contributed by atoms with Crippen LogP contribution in [0.1, 0.15) is 30.4 Å². The van der Waals surface area contributed by atoms with E-state index < -0.39 is 65.9 Å². The molecule has 1 aliphatic carbocycles. The molecule has 0 spiro atoms. The zero-order valence-corrected chi connectivity index (χ0v) is 14.3.